The molecular formula is C27H31N5O3S. The van der Waals surface area contributed by atoms with Crippen LogP contribution < -0.4 is 16.0 Å². The normalized spacial score (nSPS) is 18.2. The number of thiazole rings is 1. The van der Waals surface area contributed by atoms with Crippen LogP contribution in [-0.4, -0.2) is 48.9 Å². The van der Waals surface area contributed by atoms with E-state index in [2.05, 4.69) is 52.4 Å². The van der Waals surface area contributed by atoms with E-state index in [1.54, 1.807) is 0 Å². The van der Waals surface area contributed by atoms with Crippen molar-refractivity contribution in [1.29, 1.82) is 0 Å². The van der Waals surface area contributed by atoms with E-state index in [4.69, 9.17) is 15.2 Å². The number of nitrogens with zero attached hydrogens (tertiary/aromatic N) is 3. The van der Waals surface area contributed by atoms with Crippen molar-refractivity contribution in [1.82, 2.24) is 9.88 Å². The summed E-state index contributed by atoms with van der Waals surface area (Å²) in [7, 11) is 4.30. The lowest BCUT2D eigenvalue weighted by atomic mass is 10.0. The van der Waals surface area contributed by atoms with Crippen LogP contribution in [0.1, 0.15) is 35.4 Å². The predicted molar refractivity (Wildman–Crippen MR) is 144 cm³/mol. The fourth-order valence-electron chi connectivity index (χ4n) is 4.55. The number of ketones is 1. The summed E-state index contributed by atoms with van der Waals surface area (Å²) in [5.41, 5.74) is 9.18. The first-order chi connectivity index (χ1) is 17.5. The molecule has 5 rings (SSSR count). The zero-order chi connectivity index (χ0) is 25.1. The Bertz CT molecular complexity index is 1230. The van der Waals surface area contributed by atoms with Gasteiger partial charge in [-0.05, 0) is 69.6 Å². The van der Waals surface area contributed by atoms with E-state index >= 15 is 0 Å². The van der Waals surface area contributed by atoms with Gasteiger partial charge in [0.15, 0.2) is 10.9 Å². The summed E-state index contributed by atoms with van der Waals surface area (Å²) in [6.07, 6.45) is 12.9. The van der Waals surface area contributed by atoms with Crippen LogP contribution in [0, 0.1) is 0 Å². The van der Waals surface area contributed by atoms with E-state index in [1.165, 1.54) is 42.4 Å². The number of allylic oxidation sites excluding steroid dienone is 5. The number of aromatic nitrogens is 1. The zero-order valence-corrected chi connectivity index (χ0v) is 21.4. The molecule has 1 aromatic heterocycles. The number of hydrogen-bond acceptors (Lipinski definition) is 9. The Hall–Kier alpha value is -3.56. The van der Waals surface area contributed by atoms with E-state index in [1.807, 2.05) is 24.3 Å². The van der Waals surface area contributed by atoms with Crippen LogP contribution in [0.2, 0.25) is 0 Å². The second-order valence-corrected chi connectivity index (χ2v) is 10.3. The molecule has 8 nitrogen and oxygen atoms in total. The third kappa shape index (κ3) is 5.32. The number of carbonyl (C=O) groups is 1. The highest BCUT2D eigenvalue weighted by Crippen LogP contribution is 2.33. The Kier molecular flexibility index (Phi) is 7.11. The van der Waals surface area contributed by atoms with Gasteiger partial charge in [0.25, 0.3) is 0 Å². The maximum absolute atomic E-state index is 13.1. The summed E-state index contributed by atoms with van der Waals surface area (Å²) in [5, 5.41) is 3.81. The highest BCUT2D eigenvalue weighted by molar-refractivity contribution is 7.18. The third-order valence-corrected chi connectivity index (χ3v) is 7.65. The second-order valence-electron chi connectivity index (χ2n) is 9.28. The first-order valence-corrected chi connectivity index (χ1v) is 13.0. The number of anilines is 4. The molecule has 3 heterocycles. The van der Waals surface area contributed by atoms with E-state index in [0.29, 0.717) is 21.8 Å². The zero-order valence-electron chi connectivity index (χ0n) is 20.6. The number of ether oxygens (including phenoxy) is 2. The standard InChI is InChI=1S/C27H31N5O3S/c1-31(2)20-12-14-32(15-13-20)21-10-8-19(9-11-21)29-27-30-26(28)25(36-27)24(33)23-17-34-16-22(35-23)18-6-4-3-5-7-18/h3-4,6,8-11,16-17,20H,5,7,12-15,28H2,1-2H3,(H,29,30). The van der Waals surface area contributed by atoms with Gasteiger partial charge in [0, 0.05) is 30.5 Å². The lowest BCUT2D eigenvalue weighted by Gasteiger charge is -2.36. The molecule has 2 aliphatic heterocycles. The molecule has 0 spiro atoms. The molecule has 0 unspecified atom stereocenters. The average molecular weight is 506 g/mol. The maximum atomic E-state index is 13.1. The van der Waals surface area contributed by atoms with Crippen molar-refractivity contribution in [2.45, 2.75) is 31.7 Å². The van der Waals surface area contributed by atoms with Gasteiger partial charge in [-0.15, -0.1) is 0 Å². The van der Waals surface area contributed by atoms with E-state index in [0.717, 1.165) is 37.2 Å². The highest BCUT2D eigenvalue weighted by atomic mass is 32.1. The Morgan fingerprint density at radius 2 is 1.97 bits per heavy atom. The van der Waals surface area contributed by atoms with Crippen molar-refractivity contribution in [3.8, 4) is 0 Å². The second kappa shape index (κ2) is 10.6. The molecule has 0 bridgehead atoms. The van der Waals surface area contributed by atoms with Gasteiger partial charge < -0.3 is 30.3 Å². The Balaban J connectivity index is 1.21. The molecule has 0 atom stereocenters. The van der Waals surface area contributed by atoms with Gasteiger partial charge in [0.2, 0.25) is 11.5 Å². The van der Waals surface area contributed by atoms with Crippen LogP contribution in [0.15, 0.2) is 72.1 Å². The van der Waals surface area contributed by atoms with Crippen molar-refractivity contribution in [3.05, 3.63) is 77.0 Å². The monoisotopic (exact) mass is 505 g/mol. The molecule has 0 amide bonds. The van der Waals surface area contributed by atoms with Crippen molar-refractivity contribution in [3.63, 3.8) is 0 Å². The first kappa shape index (κ1) is 24.1. The van der Waals surface area contributed by atoms with Crippen molar-refractivity contribution in [2.24, 2.45) is 0 Å². The Morgan fingerprint density at radius 1 is 1.19 bits per heavy atom. The third-order valence-electron chi connectivity index (χ3n) is 6.66. The lowest BCUT2D eigenvalue weighted by Crippen LogP contribution is -2.41. The van der Waals surface area contributed by atoms with Gasteiger partial charge >= 0.3 is 0 Å². The highest BCUT2D eigenvalue weighted by Gasteiger charge is 2.26. The van der Waals surface area contributed by atoms with Crippen LogP contribution in [0.5, 0.6) is 0 Å². The number of rotatable bonds is 7. The molecular weight excluding hydrogens is 474 g/mol. The molecule has 1 fully saturated rings. The van der Waals surface area contributed by atoms with Crippen molar-refractivity contribution >= 4 is 39.4 Å². The first-order valence-electron chi connectivity index (χ1n) is 12.2. The summed E-state index contributed by atoms with van der Waals surface area (Å²) >= 11 is 1.19. The van der Waals surface area contributed by atoms with Crippen LogP contribution in [0.25, 0.3) is 0 Å². The van der Waals surface area contributed by atoms with Crippen molar-refractivity contribution in [2.75, 3.05) is 43.1 Å². The predicted octanol–water partition coefficient (Wildman–Crippen LogP) is 5.19. The number of hydrogen-bond donors (Lipinski definition) is 2. The molecule has 9 heteroatoms. The van der Waals surface area contributed by atoms with Gasteiger partial charge in [-0.25, -0.2) is 4.98 Å². The van der Waals surface area contributed by atoms with Gasteiger partial charge in [0.05, 0.1) is 0 Å². The number of nitrogen functional groups attached to an aromatic ring is 1. The summed E-state index contributed by atoms with van der Waals surface area (Å²) in [4.78, 5) is 22.5. The lowest BCUT2D eigenvalue weighted by molar-refractivity contribution is 0.0938. The number of benzene rings is 1. The summed E-state index contributed by atoms with van der Waals surface area (Å²) < 4.78 is 11.3. The van der Waals surface area contributed by atoms with Crippen molar-refractivity contribution < 1.29 is 14.3 Å². The number of nitrogens with one attached hydrogen (secondary N) is 1. The summed E-state index contributed by atoms with van der Waals surface area (Å²) in [6.45, 7) is 2.10. The van der Waals surface area contributed by atoms with Crippen LogP contribution in [0.4, 0.5) is 22.3 Å². The minimum Gasteiger partial charge on any atom is -0.465 e. The minimum absolute atomic E-state index is 0.0900. The molecule has 1 saturated heterocycles. The fourth-order valence-corrected chi connectivity index (χ4v) is 5.40. The van der Waals surface area contributed by atoms with Crippen LogP contribution in [-0.2, 0) is 9.47 Å². The molecule has 0 saturated carbocycles. The number of Topliss-reactive ketones (excluding diaryl/α,β-unsaturated/α-hetero) is 1. The molecule has 188 valence electrons. The molecule has 1 aromatic carbocycles. The molecule has 1 aliphatic carbocycles. The Morgan fingerprint density at radius 3 is 2.67 bits per heavy atom. The molecule has 3 aliphatic rings. The largest absolute Gasteiger partial charge is 0.465 e. The molecule has 0 radical (unpaired) electrons. The fraction of sp³-hybridized carbons (Fsp3) is 0.333. The SMILES string of the molecule is CN(C)C1CCN(c2ccc(Nc3nc(N)c(C(=O)C4=COC=C(C5=CC=CCC5)O4)s3)cc2)CC1. The molecule has 36 heavy (non-hydrogen) atoms. The topological polar surface area (TPSA) is 93.0 Å². The number of nitrogens with two attached hydrogens (primary N) is 1. The van der Waals surface area contributed by atoms with E-state index in [-0.39, 0.29) is 17.4 Å². The number of piperidine rings is 1. The minimum atomic E-state index is -0.355. The summed E-state index contributed by atoms with van der Waals surface area (Å²) in [5.74, 6) is 0.435. The van der Waals surface area contributed by atoms with Gasteiger partial charge in [-0.1, -0.05) is 29.6 Å². The maximum Gasteiger partial charge on any atom is 0.245 e. The van der Waals surface area contributed by atoms with Gasteiger partial charge in [-0.2, -0.15) is 0 Å². The number of carbonyl (C=O) groups excluding carboxylic acids is 1. The van der Waals surface area contributed by atoms with Gasteiger partial charge in [0.1, 0.15) is 23.2 Å². The van der Waals surface area contributed by atoms with Crippen LogP contribution in [0.3, 0.4) is 0 Å². The van der Waals surface area contributed by atoms with E-state index in [9.17, 15) is 4.79 Å². The Labute approximate surface area is 215 Å². The van der Waals surface area contributed by atoms with Gasteiger partial charge in [-0.3, -0.25) is 4.79 Å². The average Bonchev–Trinajstić information content (AvgIpc) is 3.29. The smallest absolute Gasteiger partial charge is 0.245 e. The summed E-state index contributed by atoms with van der Waals surface area (Å²) in [6, 6.07) is 8.93. The quantitative estimate of drug-likeness (QED) is 0.497. The van der Waals surface area contributed by atoms with Crippen LogP contribution >= 0.6 is 11.3 Å². The molecule has 2 aromatic rings. The van der Waals surface area contributed by atoms with E-state index < -0.39 is 0 Å². The molecule has 3 N–H and O–H groups in total.